The molecule has 6 bridgehead atoms. The first-order chi connectivity index (χ1) is 40.4. The number of methoxy groups -OCH3 is 1. The number of ether oxygens (including phenoxy) is 5. The van der Waals surface area contributed by atoms with E-state index in [1.807, 2.05) is 44.0 Å². The van der Waals surface area contributed by atoms with Gasteiger partial charge >= 0.3 is 12.1 Å². The number of nitrogens with zero attached hydrogens (tertiary/aromatic N) is 8. The average molecular weight is 1170 g/mol. The smallest absolute Gasteiger partial charge is 0.406 e. The molecule has 10 heterocycles. The van der Waals surface area contributed by atoms with Gasteiger partial charge in [-0.3, -0.25) is 49.2 Å². The summed E-state index contributed by atoms with van der Waals surface area (Å²) in [6, 6.07) is 3.40. The van der Waals surface area contributed by atoms with Crippen molar-refractivity contribution in [3.63, 3.8) is 0 Å². The van der Waals surface area contributed by atoms with Gasteiger partial charge in [0.05, 0.1) is 75.8 Å². The van der Waals surface area contributed by atoms with Gasteiger partial charge in [0.1, 0.15) is 30.3 Å². The molecule has 0 unspecified atom stereocenters. The molecule has 9 atom stereocenters. The van der Waals surface area contributed by atoms with Crippen LogP contribution in [0, 0.1) is 17.3 Å². The van der Waals surface area contributed by atoms with Crippen molar-refractivity contribution in [2.75, 3.05) is 117 Å². The van der Waals surface area contributed by atoms with Crippen molar-refractivity contribution in [2.24, 2.45) is 22.2 Å². The maximum atomic E-state index is 15.3. The number of nitrogens with one attached hydrogen (secondary N) is 3. The van der Waals surface area contributed by atoms with E-state index in [4.69, 9.17) is 28.7 Å². The summed E-state index contributed by atoms with van der Waals surface area (Å²) < 4.78 is 78.4. The number of halogens is 3. The highest BCUT2D eigenvalue weighted by molar-refractivity contribution is 5.95. The monoisotopic (exact) mass is 1170 g/mol. The molecule has 1 aromatic heterocycles. The first-order valence-electron chi connectivity index (χ1n) is 31.3. The van der Waals surface area contributed by atoms with Crippen LogP contribution >= 0.6 is 0 Å². The quantitative estimate of drug-likeness (QED) is 0.217. The summed E-state index contributed by atoms with van der Waals surface area (Å²) in [6.07, 6.45) is 4.05. The molecule has 1 spiro atoms. The van der Waals surface area contributed by atoms with Crippen molar-refractivity contribution in [1.82, 2.24) is 45.2 Å². The Labute approximate surface area is 490 Å². The standard InChI is InChI=1S/C61H86F3N11O9/c1-37(80-4)50-45(25-41(28-65-50)70-17-16-69-18-21-81-31-42(69)29-70)54-46-27-59(2,3)36-83-58(79)47-10-7-15-75(68-47)56(77)48(26-43-30-71(19-22-82-43)40-13-14-49(44(46)24-40)74(54)35-61(62,63)64)66-55(76)53(39-8-5-6-9-39)72-20-23-84-60(32-72)33-73(34-60)57(78)52-51(67-52)38-11-12-38/h13-14,24,28,37-39,41-43,47-48,51-53,67-68H,5-12,15-23,25-27,29-36H2,1-4H3,(H,66,76)/t37-,41+,42-,43-,47-,48-,51+,52+,53-/m0/s1. The van der Waals surface area contributed by atoms with Crippen LogP contribution in [0.5, 0.6) is 0 Å². The molecule has 460 valence electrons. The van der Waals surface area contributed by atoms with E-state index in [0.717, 1.165) is 57.5 Å². The summed E-state index contributed by atoms with van der Waals surface area (Å²) in [6.45, 7) is 12.9. The Morgan fingerprint density at radius 1 is 0.940 bits per heavy atom. The minimum atomic E-state index is -4.59. The summed E-state index contributed by atoms with van der Waals surface area (Å²) in [4.78, 5) is 74.5. The van der Waals surface area contributed by atoms with Crippen molar-refractivity contribution in [1.29, 1.82) is 0 Å². The molecule has 2 aliphatic carbocycles. The molecule has 2 aromatic rings. The molecule has 9 fully saturated rings. The van der Waals surface area contributed by atoms with Crippen molar-refractivity contribution in [2.45, 2.75) is 164 Å². The van der Waals surface area contributed by atoms with Crippen LogP contribution in [0.15, 0.2) is 28.9 Å². The average Bonchev–Trinajstić information content (AvgIpc) is 1.77. The number of amides is 3. The maximum Gasteiger partial charge on any atom is 0.406 e. The molecule has 0 radical (unpaired) electrons. The normalized spacial score (nSPS) is 31.8. The number of hydrogen-bond donors (Lipinski definition) is 3. The molecule has 23 heteroatoms. The summed E-state index contributed by atoms with van der Waals surface area (Å²) in [7, 11) is 1.59. The molecule has 3 amide bonds. The third-order valence-electron chi connectivity index (χ3n) is 20.2. The number of morpholine rings is 3. The second-order valence-corrected chi connectivity index (χ2v) is 27.0. The van der Waals surface area contributed by atoms with Crippen LogP contribution in [0.4, 0.5) is 18.9 Å². The number of benzene rings is 1. The number of carbonyl (C=O) groups is 4. The Balaban J connectivity index is 0.821. The second kappa shape index (κ2) is 23.4. The number of rotatable bonds is 11. The molecule has 84 heavy (non-hydrogen) atoms. The minimum absolute atomic E-state index is 0.0537. The number of aromatic nitrogens is 1. The second-order valence-electron chi connectivity index (χ2n) is 27.0. The van der Waals surface area contributed by atoms with Crippen LogP contribution in [0.2, 0.25) is 0 Å². The highest BCUT2D eigenvalue weighted by Crippen LogP contribution is 2.45. The number of alkyl halides is 3. The zero-order valence-electron chi connectivity index (χ0n) is 49.3. The summed E-state index contributed by atoms with van der Waals surface area (Å²) in [5.74, 6) is -0.376. The maximum absolute atomic E-state index is 15.3. The van der Waals surface area contributed by atoms with Crippen LogP contribution in [0.3, 0.4) is 0 Å². The minimum Gasteiger partial charge on any atom is -0.464 e. The van der Waals surface area contributed by atoms with Gasteiger partial charge in [0.15, 0.2) is 0 Å². The van der Waals surface area contributed by atoms with Crippen LogP contribution < -0.4 is 21.0 Å². The number of esters is 1. The van der Waals surface area contributed by atoms with Crippen molar-refractivity contribution >= 4 is 52.1 Å². The summed E-state index contributed by atoms with van der Waals surface area (Å²) in [5, 5.41) is 8.81. The van der Waals surface area contributed by atoms with E-state index >= 15 is 22.8 Å². The molecule has 20 nitrogen and oxygen atoms in total. The Hall–Kier alpha value is -4.72. The third kappa shape index (κ3) is 12.0. The van der Waals surface area contributed by atoms with Gasteiger partial charge in [0.2, 0.25) is 11.8 Å². The van der Waals surface area contributed by atoms with E-state index in [0.29, 0.717) is 131 Å². The number of hydrogen-bond acceptors (Lipinski definition) is 16. The summed E-state index contributed by atoms with van der Waals surface area (Å²) >= 11 is 0. The zero-order chi connectivity index (χ0) is 58.2. The molecule has 3 N–H and O–H groups in total. The molecule has 1 aromatic carbocycles. The van der Waals surface area contributed by atoms with E-state index < -0.39 is 60.0 Å². The number of hydrazine groups is 1. The summed E-state index contributed by atoms with van der Waals surface area (Å²) in [5.41, 5.74) is 5.47. The first-order valence-corrected chi connectivity index (χ1v) is 31.3. The molecule has 11 aliphatic rings. The largest absolute Gasteiger partial charge is 0.464 e. The lowest BCUT2D eigenvalue weighted by Gasteiger charge is -2.55. The fourth-order valence-corrected chi connectivity index (χ4v) is 15.6. The van der Waals surface area contributed by atoms with Crippen LogP contribution in [0.1, 0.15) is 96.2 Å². The lowest BCUT2D eigenvalue weighted by atomic mass is 9.83. The predicted octanol–water partition coefficient (Wildman–Crippen LogP) is 3.73. The van der Waals surface area contributed by atoms with E-state index in [1.165, 1.54) is 22.4 Å². The van der Waals surface area contributed by atoms with E-state index in [2.05, 4.69) is 35.7 Å². The fraction of sp³-hybridized carbons (Fsp3) is 0.754. The van der Waals surface area contributed by atoms with Crippen molar-refractivity contribution in [3.05, 3.63) is 35.2 Å². The van der Waals surface area contributed by atoms with Gasteiger partial charge in [-0.1, -0.05) is 26.7 Å². The Morgan fingerprint density at radius 2 is 1.75 bits per heavy atom. The van der Waals surface area contributed by atoms with Crippen LogP contribution in [-0.4, -0.2) is 237 Å². The molecule has 2 saturated carbocycles. The highest BCUT2D eigenvalue weighted by atomic mass is 19.4. The van der Waals surface area contributed by atoms with Gasteiger partial charge < -0.3 is 43.4 Å². The molecule has 7 saturated heterocycles. The van der Waals surface area contributed by atoms with Crippen molar-refractivity contribution in [3.8, 4) is 0 Å². The van der Waals surface area contributed by atoms with E-state index in [1.54, 1.807) is 13.2 Å². The first kappa shape index (κ1) is 58.3. The van der Waals surface area contributed by atoms with Gasteiger partial charge in [-0.05, 0) is 93.9 Å². The number of fused-ring (bicyclic) bond motifs is 7. The Morgan fingerprint density at radius 3 is 2.54 bits per heavy atom. The van der Waals surface area contributed by atoms with Crippen LogP contribution in [-0.2, 0) is 55.8 Å². The number of carbonyl (C=O) groups excluding carboxylic acids is 4. The number of aliphatic imine (C=N–C) groups is 1. The topological polar surface area (TPSA) is 197 Å². The fourth-order valence-electron chi connectivity index (χ4n) is 15.6. The lowest BCUT2D eigenvalue weighted by Crippen LogP contribution is -2.73. The van der Waals surface area contributed by atoms with Gasteiger partial charge in [0, 0.05) is 124 Å². The molecular formula is C61H86F3N11O9. The van der Waals surface area contributed by atoms with E-state index in [9.17, 15) is 9.59 Å². The number of cyclic esters (lactones) is 1. The van der Waals surface area contributed by atoms with Gasteiger partial charge in [-0.15, -0.1) is 0 Å². The lowest BCUT2D eigenvalue weighted by molar-refractivity contribution is -0.197. The third-order valence-corrected chi connectivity index (χ3v) is 20.2. The SMILES string of the molecule is CO[C@@H](C)C1=C(c2c3c4cc(ccc4n2CC(F)(F)F)N2CCO[C@@H](C[C@H](NC(=O)[C@H](C4CCCC4)N4CCOC5(CN(C(=O)[C@@H]6N[C@@H]6C6CC6)C5)C4)C(=O)N4CCC[C@H](N4)C(=O)OCC(C)(C)C3)C2)C[C@@H](N2CCN3CCOC[C@@H]3C2)C=N1. The van der Waals surface area contributed by atoms with Gasteiger partial charge in [-0.2, -0.15) is 13.2 Å². The predicted molar refractivity (Wildman–Crippen MR) is 307 cm³/mol. The van der Waals surface area contributed by atoms with Crippen LogP contribution in [0.25, 0.3) is 16.5 Å². The highest BCUT2D eigenvalue weighted by Gasteiger charge is 2.58. The molecule has 13 rings (SSSR count). The number of likely N-dealkylation sites (tertiary alicyclic amines) is 1. The zero-order valence-corrected chi connectivity index (χ0v) is 49.3. The van der Waals surface area contributed by atoms with Gasteiger partial charge in [0.25, 0.3) is 5.91 Å². The molecule has 9 aliphatic heterocycles. The van der Waals surface area contributed by atoms with Gasteiger partial charge in [-0.25, -0.2) is 5.43 Å². The van der Waals surface area contributed by atoms with E-state index in [-0.39, 0.29) is 67.3 Å². The molecular weight excluding hydrogens is 1090 g/mol. The number of anilines is 1. The van der Waals surface area contributed by atoms with Crippen molar-refractivity contribution < 1.29 is 56.0 Å². The Bertz CT molecular complexity index is 2880. The number of piperazine rings is 1. The Kier molecular flexibility index (Phi) is 16.3.